The Balaban J connectivity index is 0.000000181. The Kier molecular flexibility index (Phi) is 5.56. The normalized spacial score (nSPS) is 8.62. The van der Waals surface area contributed by atoms with Gasteiger partial charge in [0.25, 0.3) is 0 Å². The van der Waals surface area contributed by atoms with Crippen LogP contribution in [0.2, 0.25) is 0 Å². The fourth-order valence-corrected chi connectivity index (χ4v) is 1.14. The highest BCUT2D eigenvalue weighted by atomic mass is 16.5. The first-order valence-electron chi connectivity index (χ1n) is 5.18. The average molecular weight is 215 g/mol. The van der Waals surface area contributed by atoms with E-state index in [1.54, 1.807) is 7.11 Å². The number of hydrogen-bond donors (Lipinski definition) is 1. The molecule has 0 atom stereocenters. The van der Waals surface area contributed by atoms with E-state index in [0.717, 1.165) is 11.4 Å². The Bertz CT molecular complexity index is 320. The molecule has 0 aliphatic carbocycles. The largest absolute Gasteiger partial charge is 0.497 e. The van der Waals surface area contributed by atoms with Gasteiger partial charge < -0.3 is 10.1 Å². The van der Waals surface area contributed by atoms with E-state index in [1.165, 1.54) is 0 Å². The second-order valence-electron chi connectivity index (χ2n) is 3.13. The first kappa shape index (κ1) is 12.1. The molecule has 0 radical (unpaired) electrons. The van der Waals surface area contributed by atoms with Gasteiger partial charge in [0.2, 0.25) is 0 Å². The predicted molar refractivity (Wildman–Crippen MR) is 69.0 cm³/mol. The monoisotopic (exact) mass is 215 g/mol. The Morgan fingerprint density at radius 1 is 0.812 bits per heavy atom. The van der Waals surface area contributed by atoms with Crippen LogP contribution in [0.4, 0.5) is 5.69 Å². The van der Waals surface area contributed by atoms with Crippen LogP contribution in [0, 0.1) is 0 Å². The van der Waals surface area contributed by atoms with E-state index in [9.17, 15) is 0 Å². The summed E-state index contributed by atoms with van der Waals surface area (Å²) in [5, 5.41) is 3.02. The molecule has 2 nitrogen and oxygen atoms in total. The lowest BCUT2D eigenvalue weighted by molar-refractivity contribution is 0.415. The van der Waals surface area contributed by atoms with Crippen LogP contribution in [0.3, 0.4) is 0 Å². The third-order valence-corrected chi connectivity index (χ3v) is 2.05. The van der Waals surface area contributed by atoms with Crippen LogP contribution in [-0.2, 0) is 0 Å². The van der Waals surface area contributed by atoms with Gasteiger partial charge in [-0.3, -0.25) is 0 Å². The van der Waals surface area contributed by atoms with Crippen molar-refractivity contribution in [1.82, 2.24) is 0 Å². The Morgan fingerprint density at radius 2 is 1.25 bits per heavy atom. The zero-order valence-electron chi connectivity index (χ0n) is 9.68. The van der Waals surface area contributed by atoms with Crippen LogP contribution in [0.15, 0.2) is 60.7 Å². The van der Waals surface area contributed by atoms with Gasteiger partial charge in [0.1, 0.15) is 5.75 Å². The predicted octanol–water partition coefficient (Wildman–Crippen LogP) is 3.42. The van der Waals surface area contributed by atoms with Crippen molar-refractivity contribution in [3.63, 3.8) is 0 Å². The van der Waals surface area contributed by atoms with Gasteiger partial charge in [0, 0.05) is 12.7 Å². The molecule has 2 heteroatoms. The molecule has 1 N–H and O–H groups in total. The van der Waals surface area contributed by atoms with Crippen LogP contribution in [0.25, 0.3) is 0 Å². The third-order valence-electron chi connectivity index (χ3n) is 2.05. The van der Waals surface area contributed by atoms with Crippen molar-refractivity contribution in [3.05, 3.63) is 60.7 Å². The topological polar surface area (TPSA) is 21.3 Å². The average Bonchev–Trinajstić information content (AvgIpc) is 2.41. The van der Waals surface area contributed by atoms with Crippen molar-refractivity contribution in [2.24, 2.45) is 0 Å². The van der Waals surface area contributed by atoms with Crippen LogP contribution in [0.5, 0.6) is 5.75 Å². The fourth-order valence-electron chi connectivity index (χ4n) is 1.14. The molecule has 0 fully saturated rings. The lowest BCUT2D eigenvalue weighted by atomic mass is 10.3. The minimum Gasteiger partial charge on any atom is -0.497 e. The van der Waals surface area contributed by atoms with E-state index in [0.29, 0.717) is 0 Å². The van der Waals surface area contributed by atoms with Crippen molar-refractivity contribution in [2.45, 2.75) is 0 Å². The third kappa shape index (κ3) is 4.51. The molecular weight excluding hydrogens is 198 g/mol. The van der Waals surface area contributed by atoms with Crippen molar-refractivity contribution in [2.75, 3.05) is 19.5 Å². The molecule has 0 spiro atoms. The van der Waals surface area contributed by atoms with E-state index >= 15 is 0 Å². The maximum Gasteiger partial charge on any atom is 0.119 e. The highest BCUT2D eigenvalue weighted by Crippen LogP contribution is 2.13. The van der Waals surface area contributed by atoms with Gasteiger partial charge >= 0.3 is 0 Å². The summed E-state index contributed by atoms with van der Waals surface area (Å²) in [5.41, 5.74) is 1.10. The van der Waals surface area contributed by atoms with Gasteiger partial charge in [-0.05, 0) is 24.3 Å². The number of nitrogens with one attached hydrogen (secondary N) is 1. The molecule has 0 amide bonds. The molecule has 16 heavy (non-hydrogen) atoms. The van der Waals surface area contributed by atoms with Crippen LogP contribution in [-0.4, -0.2) is 14.2 Å². The van der Waals surface area contributed by atoms with Crippen molar-refractivity contribution in [3.8, 4) is 5.75 Å². The maximum atomic E-state index is 4.99. The summed E-state index contributed by atoms with van der Waals surface area (Å²) in [7, 11) is 3.55. The van der Waals surface area contributed by atoms with Crippen molar-refractivity contribution >= 4 is 5.69 Å². The minimum absolute atomic E-state index is 0.888. The summed E-state index contributed by atoms with van der Waals surface area (Å²) < 4.78 is 4.99. The number of methoxy groups -OCH3 is 1. The number of hydrogen-bond acceptors (Lipinski definition) is 2. The lowest BCUT2D eigenvalue weighted by Crippen LogP contribution is -1.87. The summed E-state index contributed by atoms with van der Waals surface area (Å²) in [5.74, 6) is 0.888. The Hall–Kier alpha value is -1.96. The zero-order chi connectivity index (χ0) is 11.6. The fraction of sp³-hybridized carbons (Fsp3) is 0.143. The molecule has 0 unspecified atom stereocenters. The molecule has 0 heterocycles. The smallest absolute Gasteiger partial charge is 0.119 e. The molecule has 2 aromatic rings. The highest BCUT2D eigenvalue weighted by molar-refractivity contribution is 5.45. The van der Waals surface area contributed by atoms with Crippen LogP contribution >= 0.6 is 0 Å². The molecule has 0 bridgehead atoms. The van der Waals surface area contributed by atoms with Crippen molar-refractivity contribution < 1.29 is 4.74 Å². The summed E-state index contributed by atoms with van der Waals surface area (Å²) in [6.07, 6.45) is 0. The molecule has 0 aliphatic heterocycles. The molecule has 2 rings (SSSR count). The molecule has 0 saturated heterocycles. The molecule has 0 aliphatic rings. The van der Waals surface area contributed by atoms with E-state index in [1.807, 2.05) is 67.7 Å². The maximum absolute atomic E-state index is 4.99. The van der Waals surface area contributed by atoms with E-state index in [2.05, 4.69) is 5.32 Å². The highest BCUT2D eigenvalue weighted by Gasteiger charge is 1.88. The van der Waals surface area contributed by atoms with E-state index in [-0.39, 0.29) is 0 Å². The van der Waals surface area contributed by atoms with E-state index < -0.39 is 0 Å². The summed E-state index contributed by atoms with van der Waals surface area (Å²) in [6.45, 7) is 0. The first-order valence-corrected chi connectivity index (χ1v) is 5.18. The minimum atomic E-state index is 0.888. The molecule has 0 saturated carbocycles. The quantitative estimate of drug-likeness (QED) is 0.828. The van der Waals surface area contributed by atoms with Gasteiger partial charge in [0.05, 0.1) is 7.11 Å². The lowest BCUT2D eigenvalue weighted by Gasteiger charge is -2.00. The number of rotatable bonds is 2. The van der Waals surface area contributed by atoms with Crippen LogP contribution in [0.1, 0.15) is 0 Å². The first-order chi connectivity index (χ1) is 7.86. The number of benzene rings is 2. The molecular formula is C14H17NO. The van der Waals surface area contributed by atoms with E-state index in [4.69, 9.17) is 4.74 Å². The Labute approximate surface area is 96.9 Å². The summed E-state index contributed by atoms with van der Waals surface area (Å²) in [4.78, 5) is 0. The second-order valence-corrected chi connectivity index (χ2v) is 3.13. The van der Waals surface area contributed by atoms with Gasteiger partial charge in [-0.15, -0.1) is 0 Å². The Morgan fingerprint density at radius 3 is 1.56 bits per heavy atom. The van der Waals surface area contributed by atoms with Crippen molar-refractivity contribution in [1.29, 1.82) is 0 Å². The van der Waals surface area contributed by atoms with Gasteiger partial charge in [-0.2, -0.15) is 0 Å². The SMILES string of the molecule is CNc1ccc(OC)cc1.c1ccccc1. The van der Waals surface area contributed by atoms with Gasteiger partial charge in [-0.1, -0.05) is 36.4 Å². The molecule has 2 aromatic carbocycles. The molecule has 0 aromatic heterocycles. The standard InChI is InChI=1S/C8H11NO.C6H6/c1-9-7-3-5-8(10-2)6-4-7;1-2-4-6-5-3-1/h3-6,9H,1-2H3;1-6H. The molecule has 84 valence electrons. The van der Waals surface area contributed by atoms with Gasteiger partial charge in [0.15, 0.2) is 0 Å². The second kappa shape index (κ2) is 7.35. The zero-order valence-corrected chi connectivity index (χ0v) is 9.68. The number of ether oxygens (including phenoxy) is 1. The number of anilines is 1. The van der Waals surface area contributed by atoms with Gasteiger partial charge in [-0.25, -0.2) is 0 Å². The summed E-state index contributed by atoms with van der Waals surface area (Å²) in [6, 6.07) is 19.8. The summed E-state index contributed by atoms with van der Waals surface area (Å²) >= 11 is 0. The van der Waals surface area contributed by atoms with Crippen LogP contribution < -0.4 is 10.1 Å².